The number of benzene rings is 1. The number of hydrogen-bond donors (Lipinski definition) is 1. The molecule has 0 radical (unpaired) electrons. The molecule has 1 aromatic carbocycles. The molecule has 1 N–H and O–H groups in total. The van der Waals surface area contributed by atoms with Crippen LogP contribution in [-0.4, -0.2) is 15.7 Å². The van der Waals surface area contributed by atoms with E-state index in [2.05, 4.69) is 31.2 Å². The lowest BCUT2D eigenvalue weighted by atomic mass is 9.80. The number of nitrogens with one attached hydrogen (secondary N) is 1. The Morgan fingerprint density at radius 3 is 2.68 bits per heavy atom. The standard InChI is InChI=1S/C18H20F3N3O/c1-10-8-11-13(17(10,2)3)6-5-7-14(11)22-16(25)12-9-24(4)23-15(12)18(19,20)21/h5-7,9-10H,8H2,1-4H3,(H,22,25). The molecule has 4 nitrogen and oxygen atoms in total. The minimum absolute atomic E-state index is 0.0402. The van der Waals surface area contributed by atoms with Gasteiger partial charge in [0.2, 0.25) is 0 Å². The molecule has 0 fully saturated rings. The van der Waals surface area contributed by atoms with E-state index >= 15 is 0 Å². The predicted octanol–water partition coefficient (Wildman–Crippen LogP) is 4.16. The first-order valence-electron chi connectivity index (χ1n) is 8.06. The minimum Gasteiger partial charge on any atom is -0.322 e. The minimum atomic E-state index is -4.68. The monoisotopic (exact) mass is 351 g/mol. The number of fused-ring (bicyclic) bond motifs is 1. The fourth-order valence-corrected chi connectivity index (χ4v) is 3.41. The van der Waals surface area contributed by atoms with Gasteiger partial charge in [0, 0.05) is 18.9 Å². The molecule has 1 aliphatic rings. The molecule has 0 saturated heterocycles. The van der Waals surface area contributed by atoms with Crippen LogP contribution in [0, 0.1) is 5.92 Å². The maximum Gasteiger partial charge on any atom is 0.435 e. The topological polar surface area (TPSA) is 46.9 Å². The van der Waals surface area contributed by atoms with E-state index in [4.69, 9.17) is 0 Å². The molecule has 0 aliphatic heterocycles. The van der Waals surface area contributed by atoms with Gasteiger partial charge in [-0.1, -0.05) is 32.9 Å². The predicted molar refractivity (Wildman–Crippen MR) is 88.5 cm³/mol. The van der Waals surface area contributed by atoms with Gasteiger partial charge in [0.25, 0.3) is 5.91 Å². The summed E-state index contributed by atoms with van der Waals surface area (Å²) >= 11 is 0. The van der Waals surface area contributed by atoms with Crippen LogP contribution in [0.5, 0.6) is 0 Å². The van der Waals surface area contributed by atoms with Crippen molar-refractivity contribution in [2.24, 2.45) is 13.0 Å². The van der Waals surface area contributed by atoms with E-state index in [0.717, 1.165) is 28.4 Å². The first-order chi connectivity index (χ1) is 11.5. The summed E-state index contributed by atoms with van der Waals surface area (Å²) in [5.41, 5.74) is 0.996. The zero-order valence-electron chi connectivity index (χ0n) is 14.5. The van der Waals surface area contributed by atoms with Crippen molar-refractivity contribution < 1.29 is 18.0 Å². The lowest BCUT2D eigenvalue weighted by Gasteiger charge is -2.25. The molecule has 134 valence electrons. The van der Waals surface area contributed by atoms with E-state index in [-0.39, 0.29) is 5.41 Å². The van der Waals surface area contributed by atoms with Crippen LogP contribution < -0.4 is 5.32 Å². The van der Waals surface area contributed by atoms with E-state index in [1.165, 1.54) is 7.05 Å². The van der Waals surface area contributed by atoms with Crippen molar-refractivity contribution in [3.63, 3.8) is 0 Å². The second kappa shape index (κ2) is 5.61. The van der Waals surface area contributed by atoms with Gasteiger partial charge in [-0.25, -0.2) is 0 Å². The second-order valence-electron chi connectivity index (χ2n) is 7.18. The zero-order valence-corrected chi connectivity index (χ0v) is 14.5. The molecule has 7 heteroatoms. The van der Waals surface area contributed by atoms with Crippen LogP contribution in [0.4, 0.5) is 18.9 Å². The average Bonchev–Trinajstić information content (AvgIpc) is 3.00. The van der Waals surface area contributed by atoms with Crippen molar-refractivity contribution >= 4 is 11.6 Å². The van der Waals surface area contributed by atoms with Gasteiger partial charge in [0.05, 0.1) is 5.56 Å². The van der Waals surface area contributed by atoms with E-state index in [0.29, 0.717) is 11.6 Å². The number of hydrogen-bond acceptors (Lipinski definition) is 2. The Hall–Kier alpha value is -2.31. The van der Waals surface area contributed by atoms with Crippen molar-refractivity contribution in [3.05, 3.63) is 46.8 Å². The summed E-state index contributed by atoms with van der Waals surface area (Å²) in [5.74, 6) is -0.420. The van der Waals surface area contributed by atoms with Crippen molar-refractivity contribution in [2.45, 2.75) is 38.8 Å². The van der Waals surface area contributed by atoms with Crippen LogP contribution in [0.1, 0.15) is 48.0 Å². The van der Waals surface area contributed by atoms with Gasteiger partial charge in [-0.2, -0.15) is 18.3 Å². The van der Waals surface area contributed by atoms with Crippen molar-refractivity contribution in [1.29, 1.82) is 0 Å². The van der Waals surface area contributed by atoms with E-state index in [1.807, 2.05) is 12.1 Å². The van der Waals surface area contributed by atoms with Gasteiger partial charge in [-0.3, -0.25) is 9.48 Å². The highest BCUT2D eigenvalue weighted by Crippen LogP contribution is 2.45. The third-order valence-corrected chi connectivity index (χ3v) is 5.20. The number of rotatable bonds is 2. The van der Waals surface area contributed by atoms with Crippen LogP contribution >= 0.6 is 0 Å². The summed E-state index contributed by atoms with van der Waals surface area (Å²) in [6, 6.07) is 5.57. The van der Waals surface area contributed by atoms with Crippen molar-refractivity contribution in [1.82, 2.24) is 9.78 Å². The molecule has 1 atom stereocenters. The number of carbonyl (C=O) groups excluding carboxylic acids is 1. The summed E-state index contributed by atoms with van der Waals surface area (Å²) in [4.78, 5) is 12.5. The number of aryl methyl sites for hydroxylation is 1. The van der Waals surface area contributed by atoms with Gasteiger partial charge in [0.1, 0.15) is 0 Å². The van der Waals surface area contributed by atoms with Gasteiger partial charge < -0.3 is 5.32 Å². The Labute approximate surface area is 144 Å². The fraction of sp³-hybridized carbons (Fsp3) is 0.444. The largest absolute Gasteiger partial charge is 0.435 e. The highest BCUT2D eigenvalue weighted by Gasteiger charge is 2.40. The molecule has 2 aromatic rings. The maximum absolute atomic E-state index is 13.1. The molecule has 3 rings (SSSR count). The first kappa shape index (κ1) is 17.5. The Kier molecular flexibility index (Phi) is 3.93. The maximum atomic E-state index is 13.1. The Bertz CT molecular complexity index is 837. The number of anilines is 1. The number of carbonyl (C=O) groups is 1. The smallest absolute Gasteiger partial charge is 0.322 e. The first-order valence-corrected chi connectivity index (χ1v) is 8.06. The molecule has 1 amide bonds. The molecular weight excluding hydrogens is 331 g/mol. The van der Waals surface area contributed by atoms with Crippen LogP contribution in [0.2, 0.25) is 0 Å². The summed E-state index contributed by atoms with van der Waals surface area (Å²) in [6.07, 6.45) is -2.81. The summed E-state index contributed by atoms with van der Waals surface area (Å²) in [6.45, 7) is 6.41. The zero-order chi connectivity index (χ0) is 18.6. The van der Waals surface area contributed by atoms with Gasteiger partial charge in [-0.05, 0) is 34.9 Å². The number of alkyl halides is 3. The quantitative estimate of drug-likeness (QED) is 0.883. The van der Waals surface area contributed by atoms with E-state index < -0.39 is 23.3 Å². The lowest BCUT2D eigenvalue weighted by molar-refractivity contribution is -0.141. The van der Waals surface area contributed by atoms with Gasteiger partial charge in [0.15, 0.2) is 5.69 Å². The highest BCUT2D eigenvalue weighted by atomic mass is 19.4. The second-order valence-corrected chi connectivity index (χ2v) is 7.18. The normalized spacial score (nSPS) is 18.9. The van der Waals surface area contributed by atoms with E-state index in [9.17, 15) is 18.0 Å². The molecule has 0 spiro atoms. The van der Waals surface area contributed by atoms with Crippen molar-refractivity contribution in [3.8, 4) is 0 Å². The molecule has 0 bridgehead atoms. The Morgan fingerprint density at radius 2 is 2.04 bits per heavy atom. The van der Waals surface area contributed by atoms with E-state index in [1.54, 1.807) is 6.07 Å². The number of aromatic nitrogens is 2. The molecule has 1 aromatic heterocycles. The average molecular weight is 351 g/mol. The lowest BCUT2D eigenvalue weighted by Crippen LogP contribution is -2.21. The summed E-state index contributed by atoms with van der Waals surface area (Å²) in [5, 5.41) is 6.03. The molecule has 1 heterocycles. The van der Waals surface area contributed by atoms with Crippen LogP contribution in [0.15, 0.2) is 24.4 Å². The SMILES string of the molecule is CC1Cc2c(NC(=O)c3cn(C)nc3C(F)(F)F)cccc2C1(C)C. The van der Waals surface area contributed by atoms with Gasteiger partial charge in [-0.15, -0.1) is 0 Å². The molecule has 0 saturated carbocycles. The molecule has 25 heavy (non-hydrogen) atoms. The Morgan fingerprint density at radius 1 is 1.36 bits per heavy atom. The molecule has 1 unspecified atom stereocenters. The third-order valence-electron chi connectivity index (χ3n) is 5.20. The fourth-order valence-electron chi connectivity index (χ4n) is 3.41. The summed E-state index contributed by atoms with van der Waals surface area (Å²) < 4.78 is 40.2. The molecular formula is C18H20F3N3O. The number of nitrogens with zero attached hydrogens (tertiary/aromatic N) is 2. The number of amides is 1. The summed E-state index contributed by atoms with van der Waals surface area (Å²) in [7, 11) is 1.36. The number of halogens is 3. The highest BCUT2D eigenvalue weighted by molar-refractivity contribution is 6.05. The van der Waals surface area contributed by atoms with Crippen LogP contribution in [-0.2, 0) is 25.1 Å². The third kappa shape index (κ3) is 2.92. The van der Waals surface area contributed by atoms with Gasteiger partial charge >= 0.3 is 6.18 Å². The van der Waals surface area contributed by atoms with Crippen LogP contribution in [0.3, 0.4) is 0 Å². The van der Waals surface area contributed by atoms with Crippen LogP contribution in [0.25, 0.3) is 0 Å². The molecule has 1 aliphatic carbocycles. The van der Waals surface area contributed by atoms with Crippen molar-refractivity contribution in [2.75, 3.05) is 5.32 Å². The Balaban J connectivity index is 1.96.